The molecule has 1 aromatic heterocycles. The van der Waals surface area contributed by atoms with Gasteiger partial charge in [-0.2, -0.15) is 0 Å². The summed E-state index contributed by atoms with van der Waals surface area (Å²) in [7, 11) is 2.04. The third-order valence-corrected chi connectivity index (χ3v) is 5.63. The van der Waals surface area contributed by atoms with E-state index in [1.165, 1.54) is 22.5 Å². The lowest BCUT2D eigenvalue weighted by molar-refractivity contribution is 0.102. The summed E-state index contributed by atoms with van der Waals surface area (Å²) in [5.74, 6) is 0.0306. The number of benzene rings is 1. The van der Waals surface area contributed by atoms with E-state index in [1.807, 2.05) is 13.3 Å². The Labute approximate surface area is 134 Å². The number of ketones is 1. The molecule has 0 bridgehead atoms. The van der Waals surface area contributed by atoms with Crippen LogP contribution in [0.4, 0.5) is 10.7 Å². The third kappa shape index (κ3) is 3.41. The van der Waals surface area contributed by atoms with Crippen LogP contribution in [0, 0.1) is 6.92 Å². The predicted octanol–water partition coefficient (Wildman–Crippen LogP) is 4.20. The maximum absolute atomic E-state index is 11.7. The fraction of sp³-hybridized carbons (Fsp3) is 0.312. The van der Waals surface area contributed by atoms with Crippen molar-refractivity contribution in [3.63, 3.8) is 0 Å². The summed E-state index contributed by atoms with van der Waals surface area (Å²) in [5.41, 5.74) is 9.23. The molecule has 112 valence electrons. The highest BCUT2D eigenvalue weighted by atomic mass is 32.2. The number of nitrogens with two attached hydrogens (primary N) is 1. The van der Waals surface area contributed by atoms with Gasteiger partial charge in [0.2, 0.25) is 0 Å². The first-order chi connectivity index (χ1) is 9.93. The number of carbonyl (C=O) groups is 1. The maximum atomic E-state index is 11.7. The molecule has 0 radical (unpaired) electrons. The van der Waals surface area contributed by atoms with Gasteiger partial charge in [-0.05, 0) is 18.7 Å². The van der Waals surface area contributed by atoms with E-state index in [1.54, 1.807) is 18.7 Å². The molecule has 5 heteroatoms. The molecule has 0 aliphatic carbocycles. The van der Waals surface area contributed by atoms with Crippen LogP contribution in [0.3, 0.4) is 0 Å². The molecule has 21 heavy (non-hydrogen) atoms. The SMILES string of the molecule is CSc1c(N(C)Cc2cccc(C)c2)sc(C(C)=O)c1N. The van der Waals surface area contributed by atoms with E-state index in [0.717, 1.165) is 16.4 Å². The average Bonchev–Trinajstić information content (AvgIpc) is 2.75. The number of carbonyl (C=O) groups excluding carboxylic acids is 1. The first-order valence-electron chi connectivity index (χ1n) is 6.68. The second kappa shape index (κ2) is 6.54. The summed E-state index contributed by atoms with van der Waals surface area (Å²) in [5, 5.41) is 1.06. The molecule has 2 rings (SSSR count). The molecule has 1 heterocycles. The summed E-state index contributed by atoms with van der Waals surface area (Å²) >= 11 is 3.07. The van der Waals surface area contributed by atoms with Crippen molar-refractivity contribution in [2.75, 3.05) is 23.9 Å². The quantitative estimate of drug-likeness (QED) is 0.662. The molecule has 0 aliphatic heterocycles. The van der Waals surface area contributed by atoms with Gasteiger partial charge in [0.05, 0.1) is 15.5 Å². The number of hydrogen-bond donors (Lipinski definition) is 1. The number of Topliss-reactive ketones (excluding diaryl/α,β-unsaturated/α-hetero) is 1. The van der Waals surface area contributed by atoms with Gasteiger partial charge in [0.25, 0.3) is 0 Å². The average molecular weight is 320 g/mol. The van der Waals surface area contributed by atoms with Gasteiger partial charge < -0.3 is 10.6 Å². The van der Waals surface area contributed by atoms with Crippen molar-refractivity contribution in [1.82, 2.24) is 0 Å². The summed E-state index contributed by atoms with van der Waals surface area (Å²) < 4.78 is 0. The first-order valence-corrected chi connectivity index (χ1v) is 8.72. The second-order valence-electron chi connectivity index (χ2n) is 5.08. The third-order valence-electron chi connectivity index (χ3n) is 3.26. The lowest BCUT2D eigenvalue weighted by Gasteiger charge is -2.19. The second-order valence-corrected chi connectivity index (χ2v) is 6.90. The lowest BCUT2D eigenvalue weighted by Crippen LogP contribution is -2.15. The number of thioether (sulfide) groups is 1. The molecule has 0 atom stereocenters. The number of aryl methyl sites for hydroxylation is 1. The normalized spacial score (nSPS) is 10.7. The van der Waals surface area contributed by atoms with Gasteiger partial charge in [0, 0.05) is 20.5 Å². The molecule has 0 spiro atoms. The fourth-order valence-electron chi connectivity index (χ4n) is 2.28. The van der Waals surface area contributed by atoms with Crippen molar-refractivity contribution < 1.29 is 4.79 Å². The van der Waals surface area contributed by atoms with Crippen LogP contribution >= 0.6 is 23.1 Å². The number of rotatable bonds is 5. The molecular weight excluding hydrogens is 300 g/mol. The number of hydrogen-bond acceptors (Lipinski definition) is 5. The molecule has 0 fully saturated rings. The van der Waals surface area contributed by atoms with E-state index in [0.29, 0.717) is 10.6 Å². The van der Waals surface area contributed by atoms with E-state index >= 15 is 0 Å². The molecule has 2 N–H and O–H groups in total. The summed E-state index contributed by atoms with van der Waals surface area (Å²) in [6, 6.07) is 8.45. The zero-order valence-electron chi connectivity index (χ0n) is 12.8. The summed E-state index contributed by atoms with van der Waals surface area (Å²) in [6.07, 6.45) is 1.99. The van der Waals surface area contributed by atoms with Crippen LogP contribution in [0.5, 0.6) is 0 Å². The molecule has 0 unspecified atom stereocenters. The van der Waals surface area contributed by atoms with Gasteiger partial charge in [-0.15, -0.1) is 23.1 Å². The van der Waals surface area contributed by atoms with Gasteiger partial charge in [-0.1, -0.05) is 29.8 Å². The van der Waals surface area contributed by atoms with Crippen LogP contribution in [0.15, 0.2) is 29.2 Å². The monoisotopic (exact) mass is 320 g/mol. The molecule has 0 amide bonds. The van der Waals surface area contributed by atoms with Crippen LogP contribution in [0.25, 0.3) is 0 Å². The van der Waals surface area contributed by atoms with Crippen LogP contribution in [-0.4, -0.2) is 19.1 Å². The van der Waals surface area contributed by atoms with E-state index in [2.05, 4.69) is 36.1 Å². The van der Waals surface area contributed by atoms with Gasteiger partial charge >= 0.3 is 0 Å². The molecule has 1 aromatic carbocycles. The van der Waals surface area contributed by atoms with Crippen molar-refractivity contribution in [2.24, 2.45) is 0 Å². The van der Waals surface area contributed by atoms with Gasteiger partial charge in [0.1, 0.15) is 5.00 Å². The van der Waals surface area contributed by atoms with Crippen molar-refractivity contribution in [2.45, 2.75) is 25.3 Å². The zero-order valence-corrected chi connectivity index (χ0v) is 14.4. The standard InChI is InChI=1S/C16H20N2OS2/c1-10-6-5-7-12(8-10)9-18(3)16-15(20-4)13(17)14(21-16)11(2)19/h5-8H,9,17H2,1-4H3. The van der Waals surface area contributed by atoms with Crippen LogP contribution in [0.2, 0.25) is 0 Å². The van der Waals surface area contributed by atoms with Crippen LogP contribution in [0.1, 0.15) is 27.7 Å². The molecule has 2 aromatic rings. The number of nitrogens with zero attached hydrogens (tertiary/aromatic N) is 1. The van der Waals surface area contributed by atoms with Crippen molar-refractivity contribution in [3.8, 4) is 0 Å². The van der Waals surface area contributed by atoms with Crippen molar-refractivity contribution in [1.29, 1.82) is 0 Å². The Morgan fingerprint density at radius 1 is 1.43 bits per heavy atom. The molecular formula is C16H20N2OS2. The lowest BCUT2D eigenvalue weighted by atomic mass is 10.1. The maximum Gasteiger partial charge on any atom is 0.171 e. The van der Waals surface area contributed by atoms with Crippen LogP contribution < -0.4 is 10.6 Å². The largest absolute Gasteiger partial charge is 0.396 e. The van der Waals surface area contributed by atoms with E-state index in [-0.39, 0.29) is 5.78 Å². The Hall–Kier alpha value is -1.46. The van der Waals surface area contributed by atoms with Gasteiger partial charge in [-0.3, -0.25) is 4.79 Å². The topological polar surface area (TPSA) is 46.3 Å². The minimum atomic E-state index is 0.0306. The number of nitrogen functional groups attached to an aromatic ring is 1. The molecule has 0 aliphatic rings. The highest BCUT2D eigenvalue weighted by Crippen LogP contribution is 2.43. The summed E-state index contributed by atoms with van der Waals surface area (Å²) in [6.45, 7) is 4.46. The Morgan fingerprint density at radius 2 is 2.14 bits per heavy atom. The molecule has 0 saturated carbocycles. The van der Waals surface area contributed by atoms with E-state index in [4.69, 9.17) is 5.73 Å². The Balaban J connectivity index is 2.32. The minimum Gasteiger partial charge on any atom is -0.396 e. The Bertz CT molecular complexity index is 664. The zero-order chi connectivity index (χ0) is 15.6. The van der Waals surface area contributed by atoms with Gasteiger partial charge in [-0.25, -0.2) is 0 Å². The smallest absolute Gasteiger partial charge is 0.171 e. The van der Waals surface area contributed by atoms with Crippen molar-refractivity contribution >= 4 is 39.6 Å². The van der Waals surface area contributed by atoms with Crippen LogP contribution in [-0.2, 0) is 6.54 Å². The Morgan fingerprint density at radius 3 is 2.71 bits per heavy atom. The highest BCUT2D eigenvalue weighted by molar-refractivity contribution is 7.99. The van der Waals surface area contributed by atoms with E-state index < -0.39 is 0 Å². The van der Waals surface area contributed by atoms with Crippen molar-refractivity contribution in [3.05, 3.63) is 40.3 Å². The van der Waals surface area contributed by atoms with E-state index in [9.17, 15) is 4.79 Å². The minimum absolute atomic E-state index is 0.0306. The number of anilines is 2. The molecule has 0 saturated heterocycles. The van der Waals surface area contributed by atoms with Gasteiger partial charge in [0.15, 0.2) is 5.78 Å². The highest BCUT2D eigenvalue weighted by Gasteiger charge is 2.20. The molecule has 3 nitrogen and oxygen atoms in total. The summed E-state index contributed by atoms with van der Waals surface area (Å²) in [4.78, 5) is 15.5. The first kappa shape index (κ1) is 15.9. The Kier molecular flexibility index (Phi) is 4.96. The number of thiophene rings is 1. The predicted molar refractivity (Wildman–Crippen MR) is 93.8 cm³/mol. The fourth-order valence-corrected chi connectivity index (χ4v) is 4.35.